The minimum absolute atomic E-state index is 0.0992. The molecule has 0 radical (unpaired) electrons. The van der Waals surface area contributed by atoms with Crippen LogP contribution in [0.5, 0.6) is 0 Å². The van der Waals surface area contributed by atoms with E-state index >= 15 is 0 Å². The summed E-state index contributed by atoms with van der Waals surface area (Å²) in [6, 6.07) is 7.36. The summed E-state index contributed by atoms with van der Waals surface area (Å²) in [5.74, 6) is -0.0992. The Labute approximate surface area is 117 Å². The fourth-order valence-corrected chi connectivity index (χ4v) is 2.74. The fraction of sp³-hybridized carbons (Fsp3) is 0.0833. The van der Waals surface area contributed by atoms with Gasteiger partial charge in [-0.15, -0.1) is 11.3 Å². The van der Waals surface area contributed by atoms with E-state index in [4.69, 9.17) is 5.73 Å². The summed E-state index contributed by atoms with van der Waals surface area (Å²) >= 11 is 3.75. The number of halogens is 1. The molecule has 0 spiro atoms. The Morgan fingerprint density at radius 3 is 2.88 bits per heavy atom. The molecule has 0 aliphatic rings. The van der Waals surface area contributed by atoms with Crippen molar-refractivity contribution in [2.75, 3.05) is 11.1 Å². The number of nitrogen functional groups attached to an aromatic ring is 1. The summed E-state index contributed by atoms with van der Waals surface area (Å²) in [4.78, 5) is 11.9. The third-order valence-corrected chi connectivity index (χ3v) is 4.24. The van der Waals surface area contributed by atoms with Crippen LogP contribution in [0.15, 0.2) is 29.6 Å². The first-order valence-electron chi connectivity index (χ1n) is 4.98. The molecule has 2 rings (SSSR count). The zero-order chi connectivity index (χ0) is 12.4. The van der Waals surface area contributed by atoms with E-state index in [-0.39, 0.29) is 5.91 Å². The van der Waals surface area contributed by atoms with E-state index in [1.807, 2.05) is 36.6 Å². The molecule has 0 unspecified atom stereocenters. The van der Waals surface area contributed by atoms with Gasteiger partial charge in [0.25, 0.3) is 5.91 Å². The van der Waals surface area contributed by atoms with Gasteiger partial charge in [-0.3, -0.25) is 4.79 Å². The molecule has 0 aliphatic heterocycles. The van der Waals surface area contributed by atoms with Crippen LogP contribution < -0.4 is 11.1 Å². The molecule has 88 valence electrons. The van der Waals surface area contributed by atoms with Crippen LogP contribution >= 0.6 is 33.9 Å². The SMILES string of the molecule is Cc1c(N)cccc1NC(=O)c1csc(I)c1. The van der Waals surface area contributed by atoms with Gasteiger partial charge in [0.2, 0.25) is 0 Å². The van der Waals surface area contributed by atoms with Crippen LogP contribution in [0.3, 0.4) is 0 Å². The van der Waals surface area contributed by atoms with E-state index in [1.165, 1.54) is 0 Å². The monoisotopic (exact) mass is 358 g/mol. The number of hydrogen-bond acceptors (Lipinski definition) is 3. The lowest BCUT2D eigenvalue weighted by Crippen LogP contribution is -2.12. The quantitative estimate of drug-likeness (QED) is 0.638. The van der Waals surface area contributed by atoms with Gasteiger partial charge in [-0.25, -0.2) is 0 Å². The molecule has 2 aromatic rings. The molecule has 1 aromatic carbocycles. The van der Waals surface area contributed by atoms with Crippen LogP contribution in [-0.4, -0.2) is 5.91 Å². The van der Waals surface area contributed by atoms with Crippen molar-refractivity contribution >= 4 is 51.2 Å². The topological polar surface area (TPSA) is 55.1 Å². The number of nitrogens with one attached hydrogen (secondary N) is 1. The van der Waals surface area contributed by atoms with Crippen molar-refractivity contribution in [3.05, 3.63) is 43.7 Å². The second-order valence-electron chi connectivity index (χ2n) is 3.61. The Balaban J connectivity index is 2.21. The molecule has 0 atom stereocenters. The van der Waals surface area contributed by atoms with Crippen molar-refractivity contribution in [1.29, 1.82) is 0 Å². The van der Waals surface area contributed by atoms with Crippen LogP contribution in [-0.2, 0) is 0 Å². The standard InChI is InChI=1S/C12H11IN2OS/c1-7-9(14)3-2-4-10(7)15-12(16)8-5-11(13)17-6-8/h2-6H,14H2,1H3,(H,15,16). The fourth-order valence-electron chi connectivity index (χ4n) is 1.41. The van der Waals surface area contributed by atoms with Crippen LogP contribution in [0.25, 0.3) is 0 Å². The van der Waals surface area contributed by atoms with E-state index in [9.17, 15) is 4.79 Å². The maximum Gasteiger partial charge on any atom is 0.256 e. The van der Waals surface area contributed by atoms with Crippen molar-refractivity contribution in [2.45, 2.75) is 6.92 Å². The number of carbonyl (C=O) groups excluding carboxylic acids is 1. The molecule has 17 heavy (non-hydrogen) atoms. The lowest BCUT2D eigenvalue weighted by Gasteiger charge is -2.09. The third kappa shape index (κ3) is 2.78. The van der Waals surface area contributed by atoms with Gasteiger partial charge in [0.15, 0.2) is 0 Å². The number of amides is 1. The highest BCUT2D eigenvalue weighted by Gasteiger charge is 2.10. The molecule has 0 fully saturated rings. The minimum atomic E-state index is -0.0992. The van der Waals surface area contributed by atoms with Crippen LogP contribution in [0.1, 0.15) is 15.9 Å². The Morgan fingerprint density at radius 1 is 1.47 bits per heavy atom. The highest BCUT2D eigenvalue weighted by molar-refractivity contribution is 14.1. The Kier molecular flexibility index (Phi) is 3.68. The first-order chi connectivity index (χ1) is 8.08. The number of benzene rings is 1. The average molecular weight is 358 g/mol. The highest BCUT2D eigenvalue weighted by atomic mass is 127. The molecule has 0 saturated heterocycles. The Morgan fingerprint density at radius 2 is 2.24 bits per heavy atom. The molecule has 0 aliphatic carbocycles. The third-order valence-electron chi connectivity index (χ3n) is 2.45. The van der Waals surface area contributed by atoms with Gasteiger partial charge in [-0.2, -0.15) is 0 Å². The first kappa shape index (κ1) is 12.4. The number of rotatable bonds is 2. The van der Waals surface area contributed by atoms with E-state index in [2.05, 4.69) is 27.9 Å². The molecule has 3 N–H and O–H groups in total. The van der Waals surface area contributed by atoms with Gasteiger partial charge in [0.05, 0.1) is 8.45 Å². The summed E-state index contributed by atoms with van der Waals surface area (Å²) in [7, 11) is 0. The normalized spacial score (nSPS) is 10.2. The number of nitrogens with two attached hydrogens (primary N) is 1. The van der Waals surface area contributed by atoms with E-state index in [1.54, 1.807) is 11.3 Å². The zero-order valence-corrected chi connectivity index (χ0v) is 12.1. The number of anilines is 2. The smallest absolute Gasteiger partial charge is 0.256 e. The average Bonchev–Trinajstić information content (AvgIpc) is 2.72. The number of hydrogen-bond donors (Lipinski definition) is 2. The summed E-state index contributed by atoms with van der Waals surface area (Å²) in [6.07, 6.45) is 0. The summed E-state index contributed by atoms with van der Waals surface area (Å²) in [5, 5.41) is 4.71. The predicted molar refractivity (Wildman–Crippen MR) is 80.6 cm³/mol. The van der Waals surface area contributed by atoms with Gasteiger partial charge in [0, 0.05) is 16.8 Å². The first-order valence-corrected chi connectivity index (χ1v) is 6.94. The van der Waals surface area contributed by atoms with Gasteiger partial charge in [0.1, 0.15) is 0 Å². The maximum absolute atomic E-state index is 11.9. The Bertz CT molecular complexity index is 565. The van der Waals surface area contributed by atoms with Crippen molar-refractivity contribution in [2.24, 2.45) is 0 Å². The van der Waals surface area contributed by atoms with Gasteiger partial charge >= 0.3 is 0 Å². The number of thiophene rings is 1. The van der Waals surface area contributed by atoms with Crippen LogP contribution in [0.4, 0.5) is 11.4 Å². The highest BCUT2D eigenvalue weighted by Crippen LogP contribution is 2.22. The second-order valence-corrected chi connectivity index (χ2v) is 6.42. The van der Waals surface area contributed by atoms with E-state index in [0.29, 0.717) is 11.3 Å². The molecule has 0 saturated carbocycles. The molecule has 1 amide bonds. The van der Waals surface area contributed by atoms with Crippen molar-refractivity contribution in [3.63, 3.8) is 0 Å². The molecule has 0 bridgehead atoms. The molecule has 5 heteroatoms. The van der Waals surface area contributed by atoms with Gasteiger partial charge in [-0.1, -0.05) is 6.07 Å². The van der Waals surface area contributed by atoms with Crippen LogP contribution in [0, 0.1) is 9.81 Å². The van der Waals surface area contributed by atoms with Gasteiger partial charge in [-0.05, 0) is 53.3 Å². The molecule has 3 nitrogen and oxygen atoms in total. The second kappa shape index (κ2) is 5.05. The summed E-state index contributed by atoms with van der Waals surface area (Å²) < 4.78 is 1.09. The molecule has 1 aromatic heterocycles. The van der Waals surface area contributed by atoms with Gasteiger partial charge < -0.3 is 11.1 Å². The minimum Gasteiger partial charge on any atom is -0.398 e. The van der Waals surface area contributed by atoms with E-state index in [0.717, 1.165) is 14.1 Å². The van der Waals surface area contributed by atoms with Crippen molar-refractivity contribution in [3.8, 4) is 0 Å². The molecular formula is C12H11IN2OS. The van der Waals surface area contributed by atoms with E-state index < -0.39 is 0 Å². The van der Waals surface area contributed by atoms with Crippen molar-refractivity contribution < 1.29 is 4.79 Å². The lowest BCUT2D eigenvalue weighted by molar-refractivity contribution is 0.102. The lowest BCUT2D eigenvalue weighted by atomic mass is 10.1. The molecule has 1 heterocycles. The Hall–Kier alpha value is -1.08. The predicted octanol–water partition coefficient (Wildman–Crippen LogP) is 3.50. The largest absolute Gasteiger partial charge is 0.398 e. The zero-order valence-electron chi connectivity index (χ0n) is 9.16. The maximum atomic E-state index is 11.9. The van der Waals surface area contributed by atoms with Crippen molar-refractivity contribution in [1.82, 2.24) is 0 Å². The molecular weight excluding hydrogens is 347 g/mol. The summed E-state index contributed by atoms with van der Waals surface area (Å²) in [5.41, 5.74) is 8.81. The number of carbonyl (C=O) groups is 1. The van der Waals surface area contributed by atoms with Crippen LogP contribution in [0.2, 0.25) is 0 Å². The summed E-state index contributed by atoms with van der Waals surface area (Å²) in [6.45, 7) is 1.89.